The number of nitrogens with zero attached hydrogens (tertiary/aromatic N) is 3. The molecule has 0 radical (unpaired) electrons. The van der Waals surface area contributed by atoms with E-state index in [1.54, 1.807) is 0 Å². The Kier molecular flexibility index (Phi) is 3.43. The van der Waals surface area contributed by atoms with E-state index in [2.05, 4.69) is 21.1 Å². The average Bonchev–Trinajstić information content (AvgIpc) is 2.67. The Morgan fingerprint density at radius 3 is 2.67 bits per heavy atom. The van der Waals surface area contributed by atoms with Crippen molar-refractivity contribution in [2.45, 2.75) is 13.3 Å². The van der Waals surface area contributed by atoms with Crippen molar-refractivity contribution in [1.82, 2.24) is 9.27 Å². The Balaban J connectivity index is 1.88. The molecule has 0 bridgehead atoms. The number of hydrogen-bond acceptors (Lipinski definition) is 5. The van der Waals surface area contributed by atoms with Crippen LogP contribution in [-0.4, -0.2) is 42.0 Å². The van der Waals surface area contributed by atoms with E-state index >= 15 is 0 Å². The molecule has 4 nitrogen and oxygen atoms in total. The molecule has 0 unspecified atom stereocenters. The zero-order valence-electron chi connectivity index (χ0n) is 9.15. The third-order valence-corrected chi connectivity index (χ3v) is 3.60. The highest BCUT2D eigenvalue weighted by atomic mass is 32.1. The molecule has 2 N–H and O–H groups in total. The van der Waals surface area contributed by atoms with E-state index in [0.29, 0.717) is 5.82 Å². The fourth-order valence-electron chi connectivity index (χ4n) is 1.94. The molecule has 15 heavy (non-hydrogen) atoms. The van der Waals surface area contributed by atoms with Gasteiger partial charge in [0, 0.05) is 32.2 Å². The summed E-state index contributed by atoms with van der Waals surface area (Å²) in [6.45, 7) is 7.97. The standard InChI is InChI=1S/C10H18N4S/c1-2-3-13-4-6-14(7-5-13)10-8-9(11)12-15-10/h8H,2-7H2,1H3,(H2,11,12). The second-order valence-corrected chi connectivity index (χ2v) is 4.70. The monoisotopic (exact) mass is 226 g/mol. The third-order valence-electron chi connectivity index (χ3n) is 2.74. The fraction of sp³-hybridized carbons (Fsp3) is 0.700. The van der Waals surface area contributed by atoms with Gasteiger partial charge in [-0.2, -0.15) is 4.37 Å². The van der Waals surface area contributed by atoms with Gasteiger partial charge < -0.3 is 10.6 Å². The first-order valence-corrected chi connectivity index (χ1v) is 6.26. The minimum atomic E-state index is 0.644. The molecule has 1 aromatic heterocycles. The summed E-state index contributed by atoms with van der Waals surface area (Å²) in [5.41, 5.74) is 5.62. The number of piperazine rings is 1. The molecule has 1 aliphatic heterocycles. The SMILES string of the molecule is CCCN1CCN(c2cc(N)ns2)CC1. The first-order valence-electron chi connectivity index (χ1n) is 5.49. The highest BCUT2D eigenvalue weighted by molar-refractivity contribution is 7.10. The predicted molar refractivity (Wildman–Crippen MR) is 65.5 cm³/mol. The molecule has 0 spiro atoms. The molecule has 2 heterocycles. The van der Waals surface area contributed by atoms with Crippen LogP contribution >= 0.6 is 11.5 Å². The summed E-state index contributed by atoms with van der Waals surface area (Å²) in [5, 5.41) is 1.21. The Labute approximate surface area is 94.8 Å². The number of nitrogens with two attached hydrogens (primary N) is 1. The van der Waals surface area contributed by atoms with Crippen LogP contribution in [0, 0.1) is 0 Å². The van der Waals surface area contributed by atoms with Crippen molar-refractivity contribution in [2.24, 2.45) is 0 Å². The van der Waals surface area contributed by atoms with Crippen molar-refractivity contribution in [1.29, 1.82) is 0 Å². The Hall–Kier alpha value is -0.810. The van der Waals surface area contributed by atoms with Gasteiger partial charge in [-0.25, -0.2) is 0 Å². The molecule has 1 aromatic rings. The van der Waals surface area contributed by atoms with Crippen LogP contribution in [0.25, 0.3) is 0 Å². The number of hydrogen-bond donors (Lipinski definition) is 1. The second-order valence-electron chi connectivity index (χ2n) is 3.92. The van der Waals surface area contributed by atoms with E-state index in [4.69, 9.17) is 5.73 Å². The lowest BCUT2D eigenvalue weighted by Gasteiger charge is -2.34. The zero-order valence-corrected chi connectivity index (χ0v) is 9.96. The molecule has 0 aromatic carbocycles. The molecule has 1 aliphatic rings. The number of rotatable bonds is 3. The zero-order chi connectivity index (χ0) is 10.7. The normalized spacial score (nSPS) is 18.3. The van der Waals surface area contributed by atoms with E-state index in [9.17, 15) is 0 Å². The smallest absolute Gasteiger partial charge is 0.139 e. The largest absolute Gasteiger partial charge is 0.383 e. The Morgan fingerprint density at radius 1 is 1.40 bits per heavy atom. The van der Waals surface area contributed by atoms with Gasteiger partial charge >= 0.3 is 0 Å². The molecule has 0 aliphatic carbocycles. The molecular formula is C10H18N4S. The van der Waals surface area contributed by atoms with Crippen LogP contribution in [0.2, 0.25) is 0 Å². The second kappa shape index (κ2) is 4.81. The van der Waals surface area contributed by atoms with Crippen LogP contribution in [0.15, 0.2) is 6.07 Å². The van der Waals surface area contributed by atoms with Gasteiger partial charge in [-0.1, -0.05) is 6.92 Å². The molecule has 0 amide bonds. The summed E-state index contributed by atoms with van der Waals surface area (Å²) in [6, 6.07) is 1.97. The minimum Gasteiger partial charge on any atom is -0.383 e. The molecule has 0 atom stereocenters. The summed E-state index contributed by atoms with van der Waals surface area (Å²) < 4.78 is 4.11. The first-order chi connectivity index (χ1) is 7.29. The molecule has 1 fully saturated rings. The molecule has 2 rings (SSSR count). The summed E-state index contributed by atoms with van der Waals surface area (Å²) in [5.74, 6) is 0.644. The van der Waals surface area contributed by atoms with E-state index in [-0.39, 0.29) is 0 Å². The number of nitrogen functional groups attached to an aromatic ring is 1. The fourth-order valence-corrected chi connectivity index (χ4v) is 2.66. The number of anilines is 2. The predicted octanol–water partition coefficient (Wildman–Crippen LogP) is 1.26. The first kappa shape index (κ1) is 10.7. The lowest BCUT2D eigenvalue weighted by atomic mass is 10.3. The van der Waals surface area contributed by atoms with Crippen LogP contribution in [0.3, 0.4) is 0 Å². The van der Waals surface area contributed by atoms with E-state index in [1.165, 1.54) is 29.5 Å². The minimum absolute atomic E-state index is 0.644. The molecule has 1 saturated heterocycles. The maximum absolute atomic E-state index is 5.62. The van der Waals surface area contributed by atoms with Crippen molar-refractivity contribution >= 4 is 22.4 Å². The molecule has 5 heteroatoms. The van der Waals surface area contributed by atoms with Gasteiger partial charge in [0.1, 0.15) is 10.8 Å². The lowest BCUT2D eigenvalue weighted by Crippen LogP contribution is -2.46. The van der Waals surface area contributed by atoms with Crippen LogP contribution in [-0.2, 0) is 0 Å². The Morgan fingerprint density at radius 2 is 2.13 bits per heavy atom. The Bertz CT molecular complexity index is 304. The van der Waals surface area contributed by atoms with Crippen LogP contribution < -0.4 is 10.6 Å². The van der Waals surface area contributed by atoms with E-state index in [1.807, 2.05) is 6.07 Å². The molecule has 84 valence electrons. The maximum atomic E-state index is 5.62. The van der Waals surface area contributed by atoms with Crippen LogP contribution in [0.1, 0.15) is 13.3 Å². The highest BCUT2D eigenvalue weighted by Crippen LogP contribution is 2.23. The van der Waals surface area contributed by atoms with Crippen molar-refractivity contribution < 1.29 is 0 Å². The van der Waals surface area contributed by atoms with Gasteiger partial charge in [-0.15, -0.1) is 0 Å². The summed E-state index contributed by atoms with van der Waals surface area (Å²) in [7, 11) is 0. The summed E-state index contributed by atoms with van der Waals surface area (Å²) in [6.07, 6.45) is 1.24. The quantitative estimate of drug-likeness (QED) is 0.843. The molecular weight excluding hydrogens is 208 g/mol. The summed E-state index contributed by atoms with van der Waals surface area (Å²) in [4.78, 5) is 4.89. The van der Waals surface area contributed by atoms with Crippen molar-refractivity contribution in [3.63, 3.8) is 0 Å². The van der Waals surface area contributed by atoms with Gasteiger partial charge in [-0.05, 0) is 24.5 Å². The van der Waals surface area contributed by atoms with E-state index < -0.39 is 0 Å². The van der Waals surface area contributed by atoms with Crippen LogP contribution in [0.5, 0.6) is 0 Å². The van der Waals surface area contributed by atoms with Crippen LogP contribution in [0.4, 0.5) is 10.8 Å². The van der Waals surface area contributed by atoms with Gasteiger partial charge in [0.25, 0.3) is 0 Å². The molecule has 0 saturated carbocycles. The van der Waals surface area contributed by atoms with Crippen molar-refractivity contribution in [3.8, 4) is 0 Å². The van der Waals surface area contributed by atoms with Gasteiger partial charge in [-0.3, -0.25) is 4.90 Å². The topological polar surface area (TPSA) is 45.4 Å². The van der Waals surface area contributed by atoms with Gasteiger partial charge in [0.05, 0.1) is 0 Å². The highest BCUT2D eigenvalue weighted by Gasteiger charge is 2.17. The van der Waals surface area contributed by atoms with Gasteiger partial charge in [0.15, 0.2) is 0 Å². The van der Waals surface area contributed by atoms with E-state index in [0.717, 1.165) is 26.2 Å². The van der Waals surface area contributed by atoms with Gasteiger partial charge in [0.2, 0.25) is 0 Å². The van der Waals surface area contributed by atoms with Crippen molar-refractivity contribution in [2.75, 3.05) is 43.4 Å². The van der Waals surface area contributed by atoms with Crippen molar-refractivity contribution in [3.05, 3.63) is 6.07 Å². The number of aromatic nitrogens is 1. The lowest BCUT2D eigenvalue weighted by molar-refractivity contribution is 0.259. The average molecular weight is 226 g/mol. The maximum Gasteiger partial charge on any atom is 0.139 e. The summed E-state index contributed by atoms with van der Waals surface area (Å²) >= 11 is 1.50. The third kappa shape index (κ3) is 2.60.